The molecule has 1 fully saturated rings. The number of para-hydroxylation sites is 1. The number of hydrogen-bond donors (Lipinski definition) is 2. The number of nitrogens with one attached hydrogen (secondary N) is 2. The predicted molar refractivity (Wildman–Crippen MR) is 90.0 cm³/mol. The van der Waals surface area contributed by atoms with Crippen molar-refractivity contribution in [2.24, 2.45) is 0 Å². The zero-order chi connectivity index (χ0) is 14.7. The maximum Gasteiger partial charge on any atom is 0.229 e. The molecule has 3 nitrogen and oxygen atoms in total. The summed E-state index contributed by atoms with van der Waals surface area (Å²) in [7, 11) is 0. The zero-order valence-electron chi connectivity index (χ0n) is 12.7. The average molecular weight is 304 g/mol. The number of carbonyl (C=O) groups excluding carboxylic acids is 1. The van der Waals surface area contributed by atoms with E-state index in [1.807, 2.05) is 30.0 Å². The second-order valence-corrected chi connectivity index (χ2v) is 7.46. The molecule has 1 atom stereocenters. The number of amides is 1. The number of fused-ring (bicyclic) bond motifs is 1. The monoisotopic (exact) mass is 304 g/mol. The summed E-state index contributed by atoms with van der Waals surface area (Å²) in [6.07, 6.45) is 8.58. The molecule has 1 heterocycles. The molecule has 1 saturated carbocycles. The van der Waals surface area contributed by atoms with Crippen LogP contribution in [0.3, 0.4) is 0 Å². The van der Waals surface area contributed by atoms with E-state index in [0.717, 1.165) is 24.3 Å². The molecular formula is C17H24N2OS. The van der Waals surface area contributed by atoms with Gasteiger partial charge in [0.15, 0.2) is 0 Å². The molecule has 114 valence electrons. The molecule has 1 aliphatic heterocycles. The van der Waals surface area contributed by atoms with Gasteiger partial charge in [-0.3, -0.25) is 4.79 Å². The van der Waals surface area contributed by atoms with Crippen LogP contribution in [-0.4, -0.2) is 30.0 Å². The third-order valence-electron chi connectivity index (χ3n) is 4.93. The van der Waals surface area contributed by atoms with Crippen molar-refractivity contribution < 1.29 is 4.79 Å². The van der Waals surface area contributed by atoms with Crippen LogP contribution in [0.25, 0.3) is 0 Å². The first kappa shape index (κ1) is 14.8. The van der Waals surface area contributed by atoms with Gasteiger partial charge in [-0.2, -0.15) is 11.8 Å². The molecule has 4 heteroatoms. The second kappa shape index (κ2) is 6.30. The minimum atomic E-state index is -0.0382. The highest BCUT2D eigenvalue weighted by atomic mass is 32.2. The van der Waals surface area contributed by atoms with Gasteiger partial charge in [0.2, 0.25) is 5.91 Å². The third kappa shape index (κ3) is 3.05. The molecule has 2 aliphatic rings. The van der Waals surface area contributed by atoms with E-state index in [-0.39, 0.29) is 16.6 Å². The second-order valence-electron chi connectivity index (χ2n) is 6.19. The van der Waals surface area contributed by atoms with Gasteiger partial charge in [-0.25, -0.2) is 0 Å². The van der Waals surface area contributed by atoms with Crippen molar-refractivity contribution >= 4 is 23.4 Å². The zero-order valence-corrected chi connectivity index (χ0v) is 13.5. The third-order valence-corrected chi connectivity index (χ3v) is 6.35. The van der Waals surface area contributed by atoms with E-state index in [4.69, 9.17) is 0 Å². The predicted octanol–water partition coefficient (Wildman–Crippen LogP) is 3.38. The summed E-state index contributed by atoms with van der Waals surface area (Å²) in [5.74, 6) is 0.134. The molecule has 0 spiro atoms. The Labute approximate surface area is 131 Å². The van der Waals surface area contributed by atoms with Crippen molar-refractivity contribution in [3.8, 4) is 0 Å². The highest BCUT2D eigenvalue weighted by molar-refractivity contribution is 8.00. The molecule has 0 aromatic heterocycles. The van der Waals surface area contributed by atoms with Gasteiger partial charge >= 0.3 is 0 Å². The van der Waals surface area contributed by atoms with Gasteiger partial charge in [0, 0.05) is 23.5 Å². The van der Waals surface area contributed by atoms with Crippen LogP contribution in [0, 0.1) is 0 Å². The van der Waals surface area contributed by atoms with E-state index in [2.05, 4.69) is 23.0 Å². The lowest BCUT2D eigenvalue weighted by atomic mass is 9.88. The van der Waals surface area contributed by atoms with E-state index in [1.165, 1.54) is 32.1 Å². The van der Waals surface area contributed by atoms with Gasteiger partial charge in [-0.05, 0) is 30.7 Å². The van der Waals surface area contributed by atoms with E-state index in [1.54, 1.807) is 0 Å². The molecular weight excluding hydrogens is 280 g/mol. The lowest BCUT2D eigenvalue weighted by molar-refractivity contribution is -0.122. The first-order valence-electron chi connectivity index (χ1n) is 7.90. The standard InChI is InChI=1S/C17H24N2OS/c1-21-17(9-5-2-6-10-17)12-19-16(20)14-11-18-15-8-4-3-7-13(14)15/h3-4,7-8,14,18H,2,5-6,9-12H2,1H3,(H,19,20). The quantitative estimate of drug-likeness (QED) is 0.896. The summed E-state index contributed by atoms with van der Waals surface area (Å²) in [5.41, 5.74) is 2.24. The molecule has 1 aromatic rings. The Kier molecular flexibility index (Phi) is 4.43. The van der Waals surface area contributed by atoms with Gasteiger partial charge in [-0.1, -0.05) is 37.5 Å². The van der Waals surface area contributed by atoms with E-state index >= 15 is 0 Å². The lowest BCUT2D eigenvalue weighted by Gasteiger charge is -2.36. The van der Waals surface area contributed by atoms with E-state index in [0.29, 0.717) is 0 Å². The summed E-state index contributed by atoms with van der Waals surface area (Å²) in [5, 5.41) is 6.55. The van der Waals surface area contributed by atoms with Gasteiger partial charge < -0.3 is 10.6 Å². The van der Waals surface area contributed by atoms with Crippen LogP contribution in [-0.2, 0) is 4.79 Å². The molecule has 21 heavy (non-hydrogen) atoms. The van der Waals surface area contributed by atoms with Crippen molar-refractivity contribution in [2.75, 3.05) is 24.7 Å². The van der Waals surface area contributed by atoms with E-state index in [9.17, 15) is 4.79 Å². The molecule has 0 saturated heterocycles. The molecule has 1 amide bonds. The average Bonchev–Trinajstić information content (AvgIpc) is 2.98. The van der Waals surface area contributed by atoms with Crippen molar-refractivity contribution in [3.05, 3.63) is 29.8 Å². The summed E-state index contributed by atoms with van der Waals surface area (Å²) in [6, 6.07) is 8.13. The Balaban J connectivity index is 1.62. The summed E-state index contributed by atoms with van der Waals surface area (Å²) < 4.78 is 0.263. The summed E-state index contributed by atoms with van der Waals surface area (Å²) in [4.78, 5) is 12.5. The van der Waals surface area contributed by atoms with Crippen molar-refractivity contribution in [3.63, 3.8) is 0 Å². The fraction of sp³-hybridized carbons (Fsp3) is 0.588. The van der Waals surface area contributed by atoms with Gasteiger partial charge in [-0.15, -0.1) is 0 Å². The number of carbonyl (C=O) groups is 1. The fourth-order valence-electron chi connectivity index (χ4n) is 3.54. The van der Waals surface area contributed by atoms with Crippen molar-refractivity contribution in [2.45, 2.75) is 42.8 Å². The van der Waals surface area contributed by atoms with Gasteiger partial charge in [0.25, 0.3) is 0 Å². The number of thioether (sulfide) groups is 1. The van der Waals surface area contributed by atoms with Crippen molar-refractivity contribution in [1.29, 1.82) is 0 Å². The molecule has 1 unspecified atom stereocenters. The minimum absolute atomic E-state index is 0.0382. The fourth-order valence-corrected chi connectivity index (χ4v) is 4.45. The maximum absolute atomic E-state index is 12.5. The Hall–Kier alpha value is -1.16. The van der Waals surface area contributed by atoms with Crippen LogP contribution in [0.2, 0.25) is 0 Å². The molecule has 0 bridgehead atoms. The first-order valence-corrected chi connectivity index (χ1v) is 9.12. The van der Waals surface area contributed by atoms with Gasteiger partial charge in [0.1, 0.15) is 0 Å². The smallest absolute Gasteiger partial charge is 0.229 e. The summed E-state index contributed by atoms with van der Waals surface area (Å²) >= 11 is 1.93. The van der Waals surface area contributed by atoms with Gasteiger partial charge in [0.05, 0.1) is 5.92 Å². The molecule has 1 aliphatic carbocycles. The Morgan fingerprint density at radius 1 is 1.33 bits per heavy atom. The van der Waals surface area contributed by atoms with Crippen LogP contribution in [0.4, 0.5) is 5.69 Å². The SMILES string of the molecule is CSC1(CNC(=O)C2CNc3ccccc32)CCCCC1. The van der Waals surface area contributed by atoms with Crippen LogP contribution in [0.15, 0.2) is 24.3 Å². The Morgan fingerprint density at radius 3 is 2.86 bits per heavy atom. The lowest BCUT2D eigenvalue weighted by Crippen LogP contribution is -2.43. The topological polar surface area (TPSA) is 41.1 Å². The minimum Gasteiger partial charge on any atom is -0.384 e. The molecule has 1 aromatic carbocycles. The largest absolute Gasteiger partial charge is 0.384 e. The number of anilines is 1. The number of rotatable bonds is 4. The van der Waals surface area contributed by atoms with Crippen LogP contribution in [0.5, 0.6) is 0 Å². The molecule has 2 N–H and O–H groups in total. The van der Waals surface area contributed by atoms with Crippen molar-refractivity contribution in [1.82, 2.24) is 5.32 Å². The first-order chi connectivity index (χ1) is 10.2. The number of hydrogen-bond acceptors (Lipinski definition) is 3. The summed E-state index contributed by atoms with van der Waals surface area (Å²) in [6.45, 7) is 1.53. The van der Waals surface area contributed by atoms with Crippen LogP contribution in [0.1, 0.15) is 43.6 Å². The van der Waals surface area contributed by atoms with Crippen LogP contribution >= 0.6 is 11.8 Å². The number of benzene rings is 1. The Bertz CT molecular complexity index is 511. The maximum atomic E-state index is 12.5. The highest BCUT2D eigenvalue weighted by Crippen LogP contribution is 2.38. The highest BCUT2D eigenvalue weighted by Gasteiger charge is 2.34. The normalized spacial score (nSPS) is 23.2. The Morgan fingerprint density at radius 2 is 2.10 bits per heavy atom. The molecule has 3 rings (SSSR count). The van der Waals surface area contributed by atoms with Crippen LogP contribution < -0.4 is 10.6 Å². The van der Waals surface area contributed by atoms with E-state index < -0.39 is 0 Å². The molecule has 0 radical (unpaired) electrons.